The number of piperazine rings is 1. The Hall–Kier alpha value is -2.35. The summed E-state index contributed by atoms with van der Waals surface area (Å²) in [5, 5.41) is 6.42. The quantitative estimate of drug-likeness (QED) is 0.601. The van der Waals surface area contributed by atoms with E-state index < -0.39 is 0 Å². The van der Waals surface area contributed by atoms with Gasteiger partial charge >= 0.3 is 0 Å². The largest absolute Gasteiger partial charge is 0.351 e. The first-order valence-electron chi connectivity index (χ1n) is 9.65. The first-order valence-corrected chi connectivity index (χ1v) is 10.6. The van der Waals surface area contributed by atoms with Gasteiger partial charge in [-0.1, -0.05) is 18.2 Å². The molecule has 1 amide bonds. The maximum atomic E-state index is 12.7. The maximum Gasteiger partial charge on any atom is 0.252 e. The zero-order valence-corrected chi connectivity index (χ0v) is 16.6. The summed E-state index contributed by atoms with van der Waals surface area (Å²) in [4.78, 5) is 20.7. The van der Waals surface area contributed by atoms with Gasteiger partial charge in [0.15, 0.2) is 0 Å². The average Bonchev–Trinajstić information content (AvgIpc) is 3.16. The van der Waals surface area contributed by atoms with E-state index in [4.69, 9.17) is 0 Å². The van der Waals surface area contributed by atoms with Crippen LogP contribution in [0.15, 0.2) is 59.8 Å². The highest BCUT2D eigenvalue weighted by molar-refractivity contribution is 7.98. The van der Waals surface area contributed by atoms with Crippen molar-refractivity contribution < 1.29 is 4.79 Å². The van der Waals surface area contributed by atoms with Gasteiger partial charge in [-0.05, 0) is 24.3 Å². The molecule has 0 atom stereocenters. The average molecular weight is 396 g/mol. The molecule has 0 aliphatic carbocycles. The van der Waals surface area contributed by atoms with E-state index in [2.05, 4.69) is 20.5 Å². The molecule has 0 unspecified atom stereocenters. The SMILES string of the molecule is O=C(NCCN1CCNCC1)c1ccccc1SCc1cn2ccccc2n1. The van der Waals surface area contributed by atoms with Crippen LogP contribution in [0.4, 0.5) is 0 Å². The lowest BCUT2D eigenvalue weighted by Gasteiger charge is -2.27. The van der Waals surface area contributed by atoms with E-state index in [0.29, 0.717) is 6.54 Å². The molecule has 7 heteroatoms. The van der Waals surface area contributed by atoms with E-state index in [1.54, 1.807) is 11.8 Å². The van der Waals surface area contributed by atoms with Gasteiger partial charge in [0.05, 0.1) is 11.3 Å². The minimum absolute atomic E-state index is 0.00626. The van der Waals surface area contributed by atoms with Crippen LogP contribution in [-0.2, 0) is 5.75 Å². The molecule has 3 heterocycles. The van der Waals surface area contributed by atoms with Crippen LogP contribution >= 0.6 is 11.8 Å². The molecule has 1 aliphatic rings. The number of nitrogens with one attached hydrogen (secondary N) is 2. The molecule has 1 aliphatic heterocycles. The molecule has 0 bridgehead atoms. The van der Waals surface area contributed by atoms with Crippen molar-refractivity contribution in [3.8, 4) is 0 Å². The van der Waals surface area contributed by atoms with Gasteiger partial charge in [0, 0.05) is 62.3 Å². The smallest absolute Gasteiger partial charge is 0.252 e. The summed E-state index contributed by atoms with van der Waals surface area (Å²) in [6.45, 7) is 5.70. The summed E-state index contributed by atoms with van der Waals surface area (Å²) in [6.07, 6.45) is 4.04. The number of carbonyl (C=O) groups excluding carboxylic acids is 1. The number of benzene rings is 1. The Morgan fingerprint density at radius 3 is 2.82 bits per heavy atom. The number of pyridine rings is 1. The Morgan fingerprint density at radius 1 is 1.14 bits per heavy atom. The number of nitrogens with zero attached hydrogens (tertiary/aromatic N) is 3. The first-order chi connectivity index (χ1) is 13.8. The fourth-order valence-corrected chi connectivity index (χ4v) is 4.28. The van der Waals surface area contributed by atoms with Crippen molar-refractivity contribution in [1.82, 2.24) is 24.9 Å². The van der Waals surface area contributed by atoms with Crippen molar-refractivity contribution in [2.45, 2.75) is 10.6 Å². The van der Waals surface area contributed by atoms with Crippen LogP contribution in [0.5, 0.6) is 0 Å². The van der Waals surface area contributed by atoms with E-state index in [9.17, 15) is 4.79 Å². The first kappa shape index (κ1) is 19.0. The third-order valence-corrected chi connectivity index (χ3v) is 5.95. The third-order valence-electron chi connectivity index (χ3n) is 4.84. The lowest BCUT2D eigenvalue weighted by Crippen LogP contribution is -2.46. The van der Waals surface area contributed by atoms with Gasteiger partial charge in [0.2, 0.25) is 0 Å². The molecule has 1 saturated heterocycles. The zero-order chi connectivity index (χ0) is 19.2. The molecule has 2 aromatic heterocycles. The third kappa shape index (κ3) is 4.73. The van der Waals surface area contributed by atoms with Gasteiger partial charge in [-0.2, -0.15) is 0 Å². The minimum atomic E-state index is -0.00626. The molecule has 0 saturated carbocycles. The maximum absolute atomic E-state index is 12.7. The normalized spacial score (nSPS) is 15.0. The number of hydrogen-bond acceptors (Lipinski definition) is 5. The molecule has 146 valence electrons. The Labute approximate surface area is 169 Å². The highest BCUT2D eigenvalue weighted by Gasteiger charge is 2.13. The highest BCUT2D eigenvalue weighted by atomic mass is 32.2. The van der Waals surface area contributed by atoms with Crippen LogP contribution in [0, 0.1) is 0 Å². The van der Waals surface area contributed by atoms with Crippen LogP contribution in [0.2, 0.25) is 0 Å². The fraction of sp³-hybridized carbons (Fsp3) is 0.333. The van der Waals surface area contributed by atoms with E-state index in [-0.39, 0.29) is 5.91 Å². The molecule has 0 radical (unpaired) electrons. The zero-order valence-electron chi connectivity index (χ0n) is 15.8. The van der Waals surface area contributed by atoms with Crippen LogP contribution < -0.4 is 10.6 Å². The van der Waals surface area contributed by atoms with Crippen molar-refractivity contribution in [2.75, 3.05) is 39.3 Å². The van der Waals surface area contributed by atoms with Crippen LogP contribution in [-0.4, -0.2) is 59.5 Å². The molecular weight excluding hydrogens is 370 g/mol. The second-order valence-corrected chi connectivity index (χ2v) is 7.85. The van der Waals surface area contributed by atoms with E-state index in [1.807, 2.05) is 59.3 Å². The molecule has 4 rings (SSSR count). The van der Waals surface area contributed by atoms with Gasteiger partial charge in [-0.15, -0.1) is 11.8 Å². The second kappa shape index (κ2) is 9.23. The lowest BCUT2D eigenvalue weighted by molar-refractivity contribution is 0.0944. The van der Waals surface area contributed by atoms with Crippen molar-refractivity contribution in [3.63, 3.8) is 0 Å². The van der Waals surface area contributed by atoms with Crippen LogP contribution in [0.3, 0.4) is 0 Å². The second-order valence-electron chi connectivity index (χ2n) is 6.83. The monoisotopic (exact) mass is 395 g/mol. The topological polar surface area (TPSA) is 61.7 Å². The Bertz CT molecular complexity index is 902. The number of thioether (sulfide) groups is 1. The Balaban J connectivity index is 1.35. The number of fused-ring (bicyclic) bond motifs is 1. The number of aromatic nitrogens is 2. The Kier molecular flexibility index (Phi) is 6.26. The summed E-state index contributed by atoms with van der Waals surface area (Å²) >= 11 is 1.65. The fourth-order valence-electron chi connectivity index (χ4n) is 3.35. The summed E-state index contributed by atoms with van der Waals surface area (Å²) in [5.74, 6) is 0.723. The molecule has 1 fully saturated rings. The minimum Gasteiger partial charge on any atom is -0.351 e. The van der Waals surface area contributed by atoms with E-state index >= 15 is 0 Å². The van der Waals surface area contributed by atoms with Crippen molar-refractivity contribution in [1.29, 1.82) is 0 Å². The van der Waals surface area contributed by atoms with Crippen LogP contribution in [0.25, 0.3) is 5.65 Å². The lowest BCUT2D eigenvalue weighted by atomic mass is 10.2. The summed E-state index contributed by atoms with van der Waals surface area (Å²) < 4.78 is 2.02. The van der Waals surface area contributed by atoms with Gasteiger partial charge in [-0.3, -0.25) is 9.69 Å². The number of hydrogen-bond donors (Lipinski definition) is 2. The Morgan fingerprint density at radius 2 is 1.96 bits per heavy atom. The predicted molar refractivity (Wildman–Crippen MR) is 113 cm³/mol. The summed E-state index contributed by atoms with van der Waals surface area (Å²) in [5.41, 5.74) is 2.68. The van der Waals surface area contributed by atoms with Gasteiger partial charge in [-0.25, -0.2) is 4.98 Å². The summed E-state index contributed by atoms with van der Waals surface area (Å²) in [7, 11) is 0. The van der Waals surface area contributed by atoms with Crippen molar-refractivity contribution in [3.05, 3.63) is 66.1 Å². The molecular formula is C21H25N5OS. The number of carbonyl (C=O) groups is 1. The van der Waals surface area contributed by atoms with Gasteiger partial charge in [0.1, 0.15) is 5.65 Å². The highest BCUT2D eigenvalue weighted by Crippen LogP contribution is 2.26. The molecule has 2 N–H and O–H groups in total. The van der Waals surface area contributed by atoms with E-state index in [0.717, 1.165) is 60.3 Å². The van der Waals surface area contributed by atoms with Gasteiger partial charge in [0.25, 0.3) is 5.91 Å². The van der Waals surface area contributed by atoms with Gasteiger partial charge < -0.3 is 15.0 Å². The van der Waals surface area contributed by atoms with Crippen molar-refractivity contribution in [2.24, 2.45) is 0 Å². The van der Waals surface area contributed by atoms with E-state index in [1.165, 1.54) is 0 Å². The molecule has 0 spiro atoms. The molecule has 3 aromatic rings. The number of rotatable bonds is 7. The van der Waals surface area contributed by atoms with Crippen LogP contribution in [0.1, 0.15) is 16.1 Å². The molecule has 28 heavy (non-hydrogen) atoms. The number of amides is 1. The standard InChI is InChI=1S/C21H25N5OS/c27-21(23-10-14-25-12-8-22-9-13-25)18-5-1-2-6-19(18)28-16-17-15-26-11-4-3-7-20(26)24-17/h1-7,11,15,22H,8-10,12-14,16H2,(H,23,27). The molecule has 1 aromatic carbocycles. The summed E-state index contributed by atoms with van der Waals surface area (Å²) in [6, 6.07) is 13.8. The van der Waals surface area contributed by atoms with Crippen molar-refractivity contribution >= 4 is 23.3 Å². The number of imidazole rings is 1. The molecule has 6 nitrogen and oxygen atoms in total. The predicted octanol–water partition coefficient (Wildman–Crippen LogP) is 2.26.